The van der Waals surface area contributed by atoms with Gasteiger partial charge in [0.05, 0.1) is 0 Å². The Balaban J connectivity index is 2.23. The molecule has 0 heterocycles. The molecule has 4 nitrogen and oxygen atoms in total. The smallest absolute Gasteiger partial charge is 0.352 e. The maximum atomic E-state index is 12.1. The maximum Gasteiger partial charge on any atom is 0.352 e. The number of benzene rings is 2. The zero-order chi connectivity index (χ0) is 15.2. The van der Waals surface area contributed by atoms with Crippen LogP contribution in [0.3, 0.4) is 0 Å². The molecule has 0 saturated heterocycles. The van der Waals surface area contributed by atoms with Gasteiger partial charge in [0.25, 0.3) is 0 Å². The Hall–Kier alpha value is -2.40. The molecular weight excluding hydrogens is 334 g/mol. The van der Waals surface area contributed by atoms with Crippen LogP contribution in [0.5, 0.6) is 0 Å². The van der Waals surface area contributed by atoms with E-state index in [0.29, 0.717) is 11.3 Å². The normalized spacial score (nSPS) is 11.0. The van der Waals surface area contributed by atoms with Crippen LogP contribution in [0.2, 0.25) is 0 Å². The minimum absolute atomic E-state index is 0.172. The molecule has 0 fully saturated rings. The van der Waals surface area contributed by atoms with Gasteiger partial charge in [-0.1, -0.05) is 34.1 Å². The molecule has 0 radical (unpaired) electrons. The highest BCUT2D eigenvalue weighted by atomic mass is 79.9. The molecule has 0 aliphatic heterocycles. The molecule has 2 aromatic rings. The van der Waals surface area contributed by atoms with Gasteiger partial charge in [0.1, 0.15) is 5.70 Å². The summed E-state index contributed by atoms with van der Waals surface area (Å²) in [6, 6.07) is 15.5. The van der Waals surface area contributed by atoms with Gasteiger partial charge in [-0.25, -0.2) is 4.79 Å². The number of para-hydroxylation sites is 1. The topological polar surface area (TPSA) is 66.4 Å². The number of carboxylic acid groups (broad SMARTS) is 1. The first-order valence-corrected chi connectivity index (χ1v) is 6.92. The van der Waals surface area contributed by atoms with Crippen LogP contribution in [0.25, 0.3) is 0 Å². The minimum atomic E-state index is -1.19. The highest BCUT2D eigenvalue weighted by molar-refractivity contribution is 9.10. The third-order valence-electron chi connectivity index (χ3n) is 2.69. The third-order valence-corrected chi connectivity index (χ3v) is 3.22. The third kappa shape index (κ3) is 4.29. The van der Waals surface area contributed by atoms with E-state index in [-0.39, 0.29) is 11.5 Å². The van der Waals surface area contributed by atoms with Gasteiger partial charge < -0.3 is 10.4 Å². The summed E-state index contributed by atoms with van der Waals surface area (Å²) < 4.78 is 0.851. The fourth-order valence-electron chi connectivity index (χ4n) is 1.66. The van der Waals surface area contributed by atoms with Gasteiger partial charge in [0.15, 0.2) is 5.78 Å². The van der Waals surface area contributed by atoms with Crippen LogP contribution in [0.1, 0.15) is 10.4 Å². The molecule has 2 aromatic carbocycles. The molecule has 0 aliphatic carbocycles. The van der Waals surface area contributed by atoms with Crippen LogP contribution in [-0.4, -0.2) is 16.9 Å². The molecule has 106 valence electrons. The molecule has 21 heavy (non-hydrogen) atoms. The van der Waals surface area contributed by atoms with Crippen LogP contribution in [0.4, 0.5) is 5.69 Å². The second-order valence-corrected chi connectivity index (χ2v) is 5.14. The molecule has 0 bridgehead atoms. The van der Waals surface area contributed by atoms with Gasteiger partial charge in [-0.2, -0.15) is 0 Å². The first-order chi connectivity index (χ1) is 10.1. The molecule has 0 amide bonds. The van der Waals surface area contributed by atoms with Crippen LogP contribution < -0.4 is 5.32 Å². The summed E-state index contributed by atoms with van der Waals surface area (Å²) in [6.07, 6.45) is 1.08. The van der Waals surface area contributed by atoms with Crippen molar-refractivity contribution in [3.8, 4) is 0 Å². The van der Waals surface area contributed by atoms with E-state index in [4.69, 9.17) is 0 Å². The van der Waals surface area contributed by atoms with E-state index in [9.17, 15) is 14.7 Å². The first kappa shape index (κ1) is 15.0. The van der Waals surface area contributed by atoms with Crippen LogP contribution in [0, 0.1) is 0 Å². The van der Waals surface area contributed by atoms with Gasteiger partial charge in [-0.15, -0.1) is 0 Å². The highest BCUT2D eigenvalue weighted by Gasteiger charge is 2.11. The molecule has 0 saturated carbocycles. The van der Waals surface area contributed by atoms with Crippen molar-refractivity contribution in [2.24, 2.45) is 0 Å². The zero-order valence-electron chi connectivity index (χ0n) is 10.9. The number of rotatable bonds is 5. The summed E-state index contributed by atoms with van der Waals surface area (Å²) in [7, 11) is 0. The summed E-state index contributed by atoms with van der Waals surface area (Å²) in [4.78, 5) is 23.3. The lowest BCUT2D eigenvalue weighted by molar-refractivity contribution is -0.132. The van der Waals surface area contributed by atoms with Crippen LogP contribution in [0.15, 0.2) is 70.8 Å². The Bertz CT molecular complexity index is 678. The summed E-state index contributed by atoms with van der Waals surface area (Å²) in [5.74, 6) is -1.56. The molecular formula is C16H12BrNO3. The van der Waals surface area contributed by atoms with Crippen molar-refractivity contribution in [3.63, 3.8) is 0 Å². The van der Waals surface area contributed by atoms with Crippen molar-refractivity contribution in [2.75, 3.05) is 5.32 Å². The Morgan fingerprint density at radius 1 is 1.00 bits per heavy atom. The van der Waals surface area contributed by atoms with Crippen molar-refractivity contribution in [3.05, 3.63) is 76.4 Å². The Morgan fingerprint density at radius 2 is 1.62 bits per heavy atom. The van der Waals surface area contributed by atoms with Gasteiger partial charge in [0, 0.05) is 21.8 Å². The van der Waals surface area contributed by atoms with Crippen molar-refractivity contribution < 1.29 is 14.7 Å². The van der Waals surface area contributed by atoms with Crippen molar-refractivity contribution in [1.29, 1.82) is 0 Å². The standard InChI is InChI=1S/C16H12BrNO3/c17-12-8-6-11(7-9-12)15(19)10-14(16(20)21)18-13-4-2-1-3-5-13/h1-10,18H,(H,20,21)/b14-10-. The molecule has 5 heteroatoms. The number of allylic oxidation sites excluding steroid dienone is 1. The quantitative estimate of drug-likeness (QED) is 0.640. The molecule has 0 aromatic heterocycles. The number of hydrogen-bond acceptors (Lipinski definition) is 3. The van der Waals surface area contributed by atoms with E-state index >= 15 is 0 Å². The lowest BCUT2D eigenvalue weighted by Crippen LogP contribution is -2.12. The molecule has 0 aliphatic rings. The van der Waals surface area contributed by atoms with E-state index < -0.39 is 5.97 Å². The predicted octanol–water partition coefficient (Wildman–Crippen LogP) is 3.71. The average molecular weight is 346 g/mol. The van der Waals surface area contributed by atoms with Gasteiger partial charge >= 0.3 is 5.97 Å². The summed E-state index contributed by atoms with van der Waals surface area (Å²) in [5.41, 5.74) is 0.857. The van der Waals surface area contributed by atoms with Crippen molar-refractivity contribution in [1.82, 2.24) is 0 Å². The number of ketones is 1. The second kappa shape index (κ2) is 6.85. The van der Waals surface area contributed by atoms with E-state index in [1.54, 1.807) is 48.5 Å². The van der Waals surface area contributed by atoms with Crippen molar-refractivity contribution >= 4 is 33.4 Å². The molecule has 0 atom stereocenters. The van der Waals surface area contributed by atoms with E-state index in [2.05, 4.69) is 21.2 Å². The Kier molecular flexibility index (Phi) is 4.90. The Morgan fingerprint density at radius 3 is 2.19 bits per heavy atom. The highest BCUT2D eigenvalue weighted by Crippen LogP contribution is 2.13. The number of hydrogen-bond donors (Lipinski definition) is 2. The molecule has 2 rings (SSSR count). The van der Waals surface area contributed by atoms with E-state index in [1.165, 1.54) is 0 Å². The fraction of sp³-hybridized carbons (Fsp3) is 0. The summed E-state index contributed by atoms with van der Waals surface area (Å²) in [6.45, 7) is 0. The Labute approximate surface area is 130 Å². The molecule has 0 unspecified atom stereocenters. The van der Waals surface area contributed by atoms with Gasteiger partial charge in [-0.3, -0.25) is 4.79 Å². The first-order valence-electron chi connectivity index (χ1n) is 6.13. The number of halogens is 1. The van der Waals surface area contributed by atoms with Crippen LogP contribution >= 0.6 is 15.9 Å². The lowest BCUT2D eigenvalue weighted by Gasteiger charge is -2.06. The van der Waals surface area contributed by atoms with E-state index in [0.717, 1.165) is 10.5 Å². The summed E-state index contributed by atoms with van der Waals surface area (Å²) >= 11 is 3.28. The number of carbonyl (C=O) groups is 2. The number of aliphatic carboxylic acids is 1. The van der Waals surface area contributed by atoms with Gasteiger partial charge in [-0.05, 0) is 36.4 Å². The minimum Gasteiger partial charge on any atom is -0.477 e. The molecule has 0 spiro atoms. The molecule has 2 N–H and O–H groups in total. The summed E-state index contributed by atoms with van der Waals surface area (Å²) in [5, 5.41) is 11.9. The lowest BCUT2D eigenvalue weighted by atomic mass is 10.1. The van der Waals surface area contributed by atoms with E-state index in [1.807, 2.05) is 6.07 Å². The maximum absolute atomic E-state index is 12.1. The zero-order valence-corrected chi connectivity index (χ0v) is 12.5. The fourth-order valence-corrected chi connectivity index (χ4v) is 1.92. The van der Waals surface area contributed by atoms with Gasteiger partial charge in [0.2, 0.25) is 0 Å². The largest absolute Gasteiger partial charge is 0.477 e. The number of anilines is 1. The number of carbonyl (C=O) groups excluding carboxylic acids is 1. The average Bonchev–Trinajstić information content (AvgIpc) is 2.48. The van der Waals surface area contributed by atoms with Crippen LogP contribution in [-0.2, 0) is 4.79 Å². The number of nitrogens with one attached hydrogen (secondary N) is 1. The monoisotopic (exact) mass is 345 g/mol. The van der Waals surface area contributed by atoms with Crippen molar-refractivity contribution in [2.45, 2.75) is 0 Å². The predicted molar refractivity (Wildman–Crippen MR) is 84.3 cm³/mol. The SMILES string of the molecule is O=C(O)/C(=C/C(=O)c1ccc(Br)cc1)Nc1ccccc1. The second-order valence-electron chi connectivity index (χ2n) is 4.23. The number of carboxylic acids is 1.